The van der Waals surface area contributed by atoms with Gasteiger partial charge in [-0.25, -0.2) is 0 Å². The number of aromatic nitrogens is 2. The van der Waals surface area contributed by atoms with E-state index in [1.807, 2.05) is 0 Å². The Morgan fingerprint density at radius 3 is 0.977 bits per heavy atom. The molecule has 0 N–H and O–H groups in total. The molecule has 3 heteroatoms. The van der Waals surface area contributed by atoms with Crippen molar-refractivity contribution in [2.45, 2.75) is 0 Å². The van der Waals surface area contributed by atoms with E-state index in [1.54, 1.807) is 0 Å². The summed E-state index contributed by atoms with van der Waals surface area (Å²) in [6.07, 6.45) is 0. The van der Waals surface area contributed by atoms with Crippen LogP contribution in [-0.2, 0) is 0 Å². The third kappa shape index (κ3) is 8.95. The minimum absolute atomic E-state index is 1.11. The topological polar surface area (TPSA) is 9.86 Å². The highest BCUT2D eigenvalue weighted by molar-refractivity contribution is 7.20. The molecular weight excluding hydrogens is 1070 g/mol. The summed E-state index contributed by atoms with van der Waals surface area (Å²) in [5.41, 5.74) is 21.0. The highest BCUT2D eigenvalue weighted by atomic mass is 28.3. The van der Waals surface area contributed by atoms with Crippen molar-refractivity contribution in [2.75, 3.05) is 0 Å². The molecular formula is C84H58N2Si. The van der Waals surface area contributed by atoms with E-state index >= 15 is 0 Å². The standard InChI is InChI=1S/C84H58N2Si/c1-9-27-59(28-10-1)65-45-48-81-77(54-65)74-43-25-26-44-80(74)85(81)69-47-50-83-79(56-69)78-55-66(60-29-11-2-12-30-60)46-49-82(78)86(83)84-75(63-35-17-5-18-36-63)57-73(58-76(84)64-37-19-6-20-38-64)87(70-39-21-7-22-40-70,71-41-23-8-24-42-71)72-52-67(61-31-13-3-14-32-61)51-68(53-72)62-33-15-4-16-34-62/h1-58H. The molecule has 0 saturated carbocycles. The van der Waals surface area contributed by atoms with Crippen molar-refractivity contribution < 1.29 is 0 Å². The summed E-state index contributed by atoms with van der Waals surface area (Å²) in [7, 11) is -3.34. The molecule has 2 aromatic heterocycles. The van der Waals surface area contributed by atoms with Crippen LogP contribution >= 0.6 is 0 Å². The molecule has 0 fully saturated rings. The van der Waals surface area contributed by atoms with Crippen LogP contribution in [0, 0.1) is 0 Å². The molecule has 14 aromatic carbocycles. The van der Waals surface area contributed by atoms with Crippen LogP contribution in [0.15, 0.2) is 352 Å². The first-order chi connectivity index (χ1) is 43.2. The Hall–Kier alpha value is -11.1. The Kier molecular flexibility index (Phi) is 12.9. The lowest BCUT2D eigenvalue weighted by atomic mass is 9.95. The largest absolute Gasteiger partial charge is 0.309 e. The zero-order chi connectivity index (χ0) is 57.7. The van der Waals surface area contributed by atoms with Crippen molar-refractivity contribution in [1.29, 1.82) is 0 Å². The van der Waals surface area contributed by atoms with E-state index in [1.165, 1.54) is 97.8 Å². The van der Waals surface area contributed by atoms with Crippen molar-refractivity contribution in [3.63, 3.8) is 0 Å². The van der Waals surface area contributed by atoms with E-state index in [2.05, 4.69) is 361 Å². The van der Waals surface area contributed by atoms with Crippen LogP contribution in [-0.4, -0.2) is 17.2 Å². The fraction of sp³-hybridized carbons (Fsp3) is 0. The van der Waals surface area contributed by atoms with Crippen molar-refractivity contribution in [1.82, 2.24) is 9.13 Å². The van der Waals surface area contributed by atoms with Gasteiger partial charge in [-0.3, -0.25) is 0 Å². The second-order valence-corrected chi connectivity index (χ2v) is 26.6. The SMILES string of the molecule is c1ccc(-c2cc(-c3ccccc3)cc([Si](c3ccccc3)(c3ccccc3)c3cc(-c4ccccc4)c(-n4c5ccc(-c6ccccc6)cc5c5cc(-n6c7ccccc7c7cc(-c8ccccc8)ccc76)ccc54)c(-c4ccccc4)c3)c2)cc1. The van der Waals surface area contributed by atoms with Gasteiger partial charge in [0, 0.05) is 38.4 Å². The number of benzene rings is 14. The van der Waals surface area contributed by atoms with Crippen molar-refractivity contribution in [3.8, 4) is 78.1 Å². The zero-order valence-electron chi connectivity index (χ0n) is 47.9. The molecule has 408 valence electrons. The zero-order valence-corrected chi connectivity index (χ0v) is 48.9. The molecule has 0 saturated heterocycles. The van der Waals surface area contributed by atoms with Crippen LogP contribution < -0.4 is 20.7 Å². The molecule has 0 spiro atoms. The fourth-order valence-electron chi connectivity index (χ4n) is 13.8. The maximum atomic E-state index is 2.59. The lowest BCUT2D eigenvalue weighted by Gasteiger charge is -2.36. The van der Waals surface area contributed by atoms with Crippen LogP contribution in [0.25, 0.3) is 122 Å². The molecule has 2 nitrogen and oxygen atoms in total. The average Bonchev–Trinajstić information content (AvgIpc) is 2.06. The number of para-hydroxylation sites is 1. The van der Waals surface area contributed by atoms with Crippen molar-refractivity contribution >= 4 is 72.4 Å². The molecule has 0 bridgehead atoms. The van der Waals surface area contributed by atoms with Crippen molar-refractivity contribution in [2.24, 2.45) is 0 Å². The number of hydrogen-bond acceptors (Lipinski definition) is 0. The summed E-state index contributed by atoms with van der Waals surface area (Å²) in [6, 6.07) is 131. The van der Waals surface area contributed by atoms with Crippen LogP contribution in [0.4, 0.5) is 0 Å². The maximum absolute atomic E-state index is 3.34. The predicted molar refractivity (Wildman–Crippen MR) is 371 cm³/mol. The average molecular weight is 1120 g/mol. The van der Waals surface area contributed by atoms with E-state index in [-0.39, 0.29) is 0 Å². The van der Waals surface area contributed by atoms with Gasteiger partial charge >= 0.3 is 0 Å². The first-order valence-electron chi connectivity index (χ1n) is 30.1. The molecule has 2 heterocycles. The minimum Gasteiger partial charge on any atom is -0.309 e. The van der Waals surface area contributed by atoms with Crippen LogP contribution in [0.1, 0.15) is 0 Å². The Morgan fingerprint density at radius 2 is 0.517 bits per heavy atom. The Balaban J connectivity index is 1.02. The third-order valence-electron chi connectivity index (χ3n) is 17.8. The molecule has 0 aliphatic carbocycles. The minimum atomic E-state index is -3.34. The summed E-state index contributed by atoms with van der Waals surface area (Å²) >= 11 is 0. The molecule has 0 aliphatic heterocycles. The van der Waals surface area contributed by atoms with E-state index < -0.39 is 8.07 Å². The summed E-state index contributed by atoms with van der Waals surface area (Å²) < 4.78 is 5.06. The quantitative estimate of drug-likeness (QED) is 0.0852. The van der Waals surface area contributed by atoms with Gasteiger partial charge in [0.2, 0.25) is 0 Å². The van der Waals surface area contributed by atoms with Gasteiger partial charge in [0.1, 0.15) is 0 Å². The van der Waals surface area contributed by atoms with Gasteiger partial charge in [-0.1, -0.05) is 297 Å². The number of hydrogen-bond donors (Lipinski definition) is 0. The first-order valence-corrected chi connectivity index (χ1v) is 32.1. The fourth-order valence-corrected chi connectivity index (χ4v) is 18.7. The van der Waals surface area contributed by atoms with Crippen LogP contribution in [0.3, 0.4) is 0 Å². The molecule has 0 radical (unpaired) electrons. The normalized spacial score (nSPS) is 11.7. The molecule has 16 rings (SSSR count). The Bertz CT molecular complexity index is 5000. The number of nitrogens with zero attached hydrogens (tertiary/aromatic N) is 2. The second kappa shape index (κ2) is 21.8. The van der Waals surface area contributed by atoms with E-state index in [0.29, 0.717) is 0 Å². The second-order valence-electron chi connectivity index (χ2n) is 22.8. The number of fused-ring (bicyclic) bond motifs is 6. The Morgan fingerprint density at radius 1 is 0.184 bits per heavy atom. The highest BCUT2D eigenvalue weighted by Gasteiger charge is 2.43. The lowest BCUT2D eigenvalue weighted by molar-refractivity contribution is 1.17. The van der Waals surface area contributed by atoms with E-state index in [0.717, 1.165) is 44.7 Å². The maximum Gasteiger partial charge on any atom is 0.179 e. The van der Waals surface area contributed by atoms with E-state index in [4.69, 9.17) is 0 Å². The molecule has 0 amide bonds. The van der Waals surface area contributed by atoms with E-state index in [9.17, 15) is 0 Å². The summed E-state index contributed by atoms with van der Waals surface area (Å²) in [5.74, 6) is 0. The summed E-state index contributed by atoms with van der Waals surface area (Å²) in [5, 5.41) is 10.0. The van der Waals surface area contributed by atoms with Gasteiger partial charge in [-0.2, -0.15) is 0 Å². The molecule has 0 atom stereocenters. The molecule has 16 aromatic rings. The summed E-state index contributed by atoms with van der Waals surface area (Å²) in [6.45, 7) is 0. The van der Waals surface area contributed by atoms with Gasteiger partial charge in [0.05, 0.1) is 27.8 Å². The van der Waals surface area contributed by atoms with Crippen LogP contribution in [0.2, 0.25) is 0 Å². The predicted octanol–water partition coefficient (Wildman–Crippen LogP) is 19.3. The Labute approximate surface area is 508 Å². The van der Waals surface area contributed by atoms with Crippen LogP contribution in [0.5, 0.6) is 0 Å². The highest BCUT2D eigenvalue weighted by Crippen LogP contribution is 2.44. The third-order valence-corrected chi connectivity index (χ3v) is 22.5. The van der Waals surface area contributed by atoms with Gasteiger partial charge < -0.3 is 9.13 Å². The first kappa shape index (κ1) is 51.5. The summed E-state index contributed by atoms with van der Waals surface area (Å²) in [4.78, 5) is 0. The monoisotopic (exact) mass is 1120 g/mol. The van der Waals surface area contributed by atoms with Gasteiger partial charge in [-0.15, -0.1) is 0 Å². The van der Waals surface area contributed by atoms with Gasteiger partial charge in [0.25, 0.3) is 0 Å². The number of rotatable bonds is 12. The molecule has 0 unspecified atom stereocenters. The van der Waals surface area contributed by atoms with Gasteiger partial charge in [-0.05, 0) is 131 Å². The smallest absolute Gasteiger partial charge is 0.179 e. The van der Waals surface area contributed by atoms with Crippen molar-refractivity contribution in [3.05, 3.63) is 352 Å². The lowest BCUT2D eigenvalue weighted by Crippen LogP contribution is -2.74. The molecule has 0 aliphatic rings. The molecule has 87 heavy (non-hydrogen) atoms. The van der Waals surface area contributed by atoms with Gasteiger partial charge in [0.15, 0.2) is 8.07 Å².